The van der Waals surface area contributed by atoms with Crippen molar-refractivity contribution in [3.05, 3.63) is 29.8 Å². The Kier molecular flexibility index (Phi) is 10.7. The van der Waals surface area contributed by atoms with E-state index in [2.05, 4.69) is 36.2 Å². The smallest absolute Gasteiger partial charge is 0.251 e. The maximum absolute atomic E-state index is 12.5. The number of nitrogens with one attached hydrogen (secondary N) is 1. The molecule has 0 aliphatic carbocycles. The number of aryl methyl sites for hydroxylation is 1. The maximum Gasteiger partial charge on any atom is 0.251 e. The molecule has 0 aromatic heterocycles. The van der Waals surface area contributed by atoms with Crippen molar-refractivity contribution in [3.63, 3.8) is 0 Å². The summed E-state index contributed by atoms with van der Waals surface area (Å²) >= 11 is 0. The quantitative estimate of drug-likeness (QED) is 0.254. The number of carbonyl (C=O) groups is 1. The first-order valence-corrected chi connectivity index (χ1v) is 10.8. The predicted molar refractivity (Wildman–Crippen MR) is 130 cm³/mol. The molecular weight excluding hydrogens is 495 g/mol. The van der Waals surface area contributed by atoms with Crippen LogP contribution >= 0.6 is 24.0 Å². The number of hydrogen-bond acceptors (Lipinski definition) is 4. The van der Waals surface area contributed by atoms with Crippen LogP contribution in [0.25, 0.3) is 0 Å². The van der Waals surface area contributed by atoms with Crippen LogP contribution in [-0.2, 0) is 9.53 Å². The van der Waals surface area contributed by atoms with E-state index in [1.54, 1.807) is 0 Å². The summed E-state index contributed by atoms with van der Waals surface area (Å²) < 4.78 is 11.3. The molecule has 168 valence electrons. The minimum absolute atomic E-state index is 0. The van der Waals surface area contributed by atoms with Gasteiger partial charge in [0.25, 0.3) is 5.91 Å². The highest BCUT2D eigenvalue weighted by molar-refractivity contribution is 14.0. The van der Waals surface area contributed by atoms with Gasteiger partial charge in [0.05, 0.1) is 6.61 Å². The third-order valence-electron chi connectivity index (χ3n) is 5.28. The summed E-state index contributed by atoms with van der Waals surface area (Å²) in [6.07, 6.45) is 2.48. The molecule has 1 N–H and O–H groups in total. The second-order valence-electron chi connectivity index (χ2n) is 7.56. The van der Waals surface area contributed by atoms with E-state index in [1.807, 2.05) is 17.0 Å². The Morgan fingerprint density at radius 2 is 1.90 bits per heavy atom. The van der Waals surface area contributed by atoms with Crippen LogP contribution in [0.5, 0.6) is 5.75 Å². The predicted octanol–water partition coefficient (Wildman–Crippen LogP) is 2.67. The molecule has 2 aliphatic heterocycles. The number of carbonyl (C=O) groups excluding carboxylic acids is 1. The van der Waals surface area contributed by atoms with Crippen LogP contribution in [0.4, 0.5) is 0 Å². The van der Waals surface area contributed by atoms with Gasteiger partial charge >= 0.3 is 0 Å². The molecule has 0 saturated carbocycles. The van der Waals surface area contributed by atoms with Crippen LogP contribution in [-0.4, -0.2) is 80.3 Å². The molecule has 3 rings (SSSR count). The van der Waals surface area contributed by atoms with Crippen LogP contribution in [0.15, 0.2) is 29.3 Å². The normalized spacial score (nSPS) is 19.4. The fourth-order valence-electron chi connectivity index (χ4n) is 3.61. The van der Waals surface area contributed by atoms with Gasteiger partial charge < -0.3 is 24.6 Å². The van der Waals surface area contributed by atoms with Gasteiger partial charge in [0, 0.05) is 52.3 Å². The number of benzene rings is 1. The van der Waals surface area contributed by atoms with Crippen molar-refractivity contribution in [2.24, 2.45) is 4.99 Å². The van der Waals surface area contributed by atoms with E-state index in [1.165, 1.54) is 5.56 Å². The first-order valence-electron chi connectivity index (χ1n) is 10.8. The zero-order valence-electron chi connectivity index (χ0n) is 18.1. The zero-order chi connectivity index (χ0) is 20.5. The summed E-state index contributed by atoms with van der Waals surface area (Å²) in [5.41, 5.74) is 1.23. The molecule has 1 aromatic rings. The van der Waals surface area contributed by atoms with Gasteiger partial charge in [-0.15, -0.1) is 24.0 Å². The van der Waals surface area contributed by atoms with E-state index in [-0.39, 0.29) is 36.0 Å². The van der Waals surface area contributed by atoms with E-state index in [0.717, 1.165) is 63.7 Å². The number of halogens is 1. The molecule has 1 aromatic carbocycles. The molecule has 1 atom stereocenters. The van der Waals surface area contributed by atoms with E-state index in [0.29, 0.717) is 19.8 Å². The summed E-state index contributed by atoms with van der Waals surface area (Å²) in [5, 5.41) is 3.37. The largest absolute Gasteiger partial charge is 0.494 e. The first kappa shape index (κ1) is 24.7. The molecule has 2 heterocycles. The molecule has 2 aliphatic rings. The molecule has 30 heavy (non-hydrogen) atoms. The fourth-order valence-corrected chi connectivity index (χ4v) is 3.61. The van der Waals surface area contributed by atoms with Gasteiger partial charge in [-0.25, -0.2) is 0 Å². The topological polar surface area (TPSA) is 66.4 Å². The van der Waals surface area contributed by atoms with Crippen LogP contribution in [0.2, 0.25) is 0 Å². The molecule has 1 amide bonds. The molecule has 0 bridgehead atoms. The summed E-state index contributed by atoms with van der Waals surface area (Å²) in [7, 11) is 0. The van der Waals surface area contributed by atoms with Gasteiger partial charge in [0.15, 0.2) is 5.96 Å². The molecule has 2 fully saturated rings. The van der Waals surface area contributed by atoms with Gasteiger partial charge in [0.2, 0.25) is 0 Å². The van der Waals surface area contributed by atoms with E-state index < -0.39 is 0 Å². The number of ether oxygens (including phenoxy) is 2. The first-order chi connectivity index (χ1) is 14.2. The Labute approximate surface area is 197 Å². The van der Waals surface area contributed by atoms with E-state index in [4.69, 9.17) is 14.5 Å². The third-order valence-corrected chi connectivity index (χ3v) is 5.28. The minimum Gasteiger partial charge on any atom is -0.494 e. The summed E-state index contributed by atoms with van der Waals surface area (Å²) in [5.74, 6) is 1.97. The molecule has 0 radical (unpaired) electrons. The second kappa shape index (κ2) is 13.0. The van der Waals surface area contributed by atoms with E-state index in [9.17, 15) is 4.79 Å². The van der Waals surface area contributed by atoms with Gasteiger partial charge in [0.1, 0.15) is 11.9 Å². The lowest BCUT2D eigenvalue weighted by atomic mass is 10.2. The number of nitrogens with zero attached hydrogens (tertiary/aromatic N) is 3. The van der Waals surface area contributed by atoms with Gasteiger partial charge in [-0.2, -0.15) is 0 Å². The van der Waals surface area contributed by atoms with Crippen molar-refractivity contribution in [3.8, 4) is 5.75 Å². The average molecular weight is 530 g/mol. The van der Waals surface area contributed by atoms with E-state index >= 15 is 0 Å². The summed E-state index contributed by atoms with van der Waals surface area (Å²) in [6.45, 7) is 10.1. The van der Waals surface area contributed by atoms with Crippen molar-refractivity contribution in [2.75, 3.05) is 52.5 Å². The van der Waals surface area contributed by atoms with Crippen molar-refractivity contribution in [1.82, 2.24) is 15.1 Å². The van der Waals surface area contributed by atoms with Crippen molar-refractivity contribution >= 4 is 35.8 Å². The summed E-state index contributed by atoms with van der Waals surface area (Å²) in [6, 6.07) is 8.11. The molecule has 0 spiro atoms. The fraction of sp³-hybridized carbons (Fsp3) is 0.636. The van der Waals surface area contributed by atoms with Crippen molar-refractivity contribution < 1.29 is 14.3 Å². The Morgan fingerprint density at radius 1 is 1.20 bits per heavy atom. The molecule has 1 unspecified atom stereocenters. The molecular formula is C22H35IN4O3. The summed E-state index contributed by atoms with van der Waals surface area (Å²) in [4.78, 5) is 21.4. The number of aliphatic imine (C=N–C) groups is 1. The van der Waals surface area contributed by atoms with Crippen molar-refractivity contribution in [1.29, 1.82) is 0 Å². The van der Waals surface area contributed by atoms with Gasteiger partial charge in [-0.3, -0.25) is 9.79 Å². The Bertz CT molecular complexity index is 669. The monoisotopic (exact) mass is 530 g/mol. The number of hydrogen-bond donors (Lipinski definition) is 1. The van der Waals surface area contributed by atoms with Crippen LogP contribution in [0, 0.1) is 6.92 Å². The Hall–Kier alpha value is -1.55. The average Bonchev–Trinajstić information content (AvgIpc) is 3.29. The standard InChI is InChI=1S/C22H34N4O3.HI/c1-3-23-22(24-11-5-17-28-19-9-7-18(2)8-10-19)26-14-12-25(13-15-26)21(27)20-6-4-16-29-20;/h7-10,20H,3-6,11-17H2,1-2H3,(H,23,24);1H. The van der Waals surface area contributed by atoms with Crippen molar-refractivity contribution in [2.45, 2.75) is 39.2 Å². The number of rotatable bonds is 7. The van der Waals surface area contributed by atoms with Crippen LogP contribution in [0.1, 0.15) is 31.7 Å². The zero-order valence-corrected chi connectivity index (χ0v) is 20.5. The van der Waals surface area contributed by atoms with Gasteiger partial charge in [-0.05, 0) is 38.8 Å². The van der Waals surface area contributed by atoms with Crippen LogP contribution in [0.3, 0.4) is 0 Å². The highest BCUT2D eigenvalue weighted by atomic mass is 127. The lowest BCUT2D eigenvalue weighted by Gasteiger charge is -2.37. The van der Waals surface area contributed by atoms with Gasteiger partial charge in [-0.1, -0.05) is 17.7 Å². The highest BCUT2D eigenvalue weighted by Gasteiger charge is 2.30. The molecule has 8 heteroatoms. The minimum atomic E-state index is -0.225. The second-order valence-corrected chi connectivity index (χ2v) is 7.56. The number of guanidine groups is 1. The lowest BCUT2D eigenvalue weighted by molar-refractivity contribution is -0.142. The maximum atomic E-state index is 12.5. The van der Waals surface area contributed by atoms with Crippen LogP contribution < -0.4 is 10.1 Å². The third kappa shape index (κ3) is 7.30. The molecule has 7 nitrogen and oxygen atoms in total. The lowest BCUT2D eigenvalue weighted by Crippen LogP contribution is -2.55. The Balaban J connectivity index is 0.00000320. The molecule has 2 saturated heterocycles. The Morgan fingerprint density at radius 3 is 2.53 bits per heavy atom. The number of piperazine rings is 1. The highest BCUT2D eigenvalue weighted by Crippen LogP contribution is 2.16. The SMILES string of the molecule is CCNC(=NCCCOc1ccc(C)cc1)N1CCN(C(=O)C2CCCO2)CC1.I. The number of amides is 1.